The van der Waals surface area contributed by atoms with Crippen LogP contribution in [0.4, 0.5) is 5.69 Å². The molecule has 0 aromatic heterocycles. The second kappa shape index (κ2) is 5.11. The Kier molecular flexibility index (Phi) is 4.08. The van der Waals surface area contributed by atoms with Crippen molar-refractivity contribution in [2.24, 2.45) is 0 Å². The van der Waals surface area contributed by atoms with Crippen LogP contribution in [0.25, 0.3) is 0 Å². The summed E-state index contributed by atoms with van der Waals surface area (Å²) in [4.78, 5) is 2.22. The van der Waals surface area contributed by atoms with Gasteiger partial charge < -0.3 is 0 Å². The van der Waals surface area contributed by atoms with Gasteiger partial charge in [-0.3, -0.25) is 10.3 Å². The lowest BCUT2D eigenvalue weighted by Gasteiger charge is -2.16. The zero-order valence-electron chi connectivity index (χ0n) is 6.50. The van der Waals surface area contributed by atoms with E-state index in [1.54, 1.807) is 0 Å². The molecule has 1 rings (SSSR count). The lowest BCUT2D eigenvalue weighted by atomic mass is 10.3. The summed E-state index contributed by atoms with van der Waals surface area (Å²) in [7, 11) is 0. The van der Waals surface area contributed by atoms with Crippen molar-refractivity contribution in [1.29, 1.82) is 0 Å². The quantitative estimate of drug-likeness (QED) is 0.468. The topological polar surface area (TPSA) is 27.3 Å². The maximum atomic E-state index is 5.70. The molecule has 2 N–H and O–H groups in total. The first-order chi connectivity index (χ1) is 6.24. The number of nitrogens with one attached hydrogen (secondary N) is 2. The van der Waals surface area contributed by atoms with Crippen molar-refractivity contribution in [1.82, 2.24) is 9.36 Å². The number of anilines is 1. The Morgan fingerprint density at radius 1 is 1.31 bits per heavy atom. The standard InChI is InChI=1S/C7H7Cl2N3S/c8-10-7(13)12(9)11-6-4-2-1-3-5-6/h1-5,11H,(H,10,13). The molecule has 1 aromatic carbocycles. The lowest BCUT2D eigenvalue weighted by Crippen LogP contribution is -2.32. The number of hydrazine groups is 1. The Hall–Kier alpha value is -0.710. The third-order valence-electron chi connectivity index (χ3n) is 1.26. The van der Waals surface area contributed by atoms with Crippen LogP contribution in [-0.4, -0.2) is 9.64 Å². The number of hydrogen-bond acceptors (Lipinski definition) is 2. The number of halogens is 2. The monoisotopic (exact) mass is 235 g/mol. The zero-order valence-corrected chi connectivity index (χ0v) is 8.83. The molecule has 70 valence electrons. The molecule has 1 aromatic rings. The summed E-state index contributed by atoms with van der Waals surface area (Å²) in [6, 6.07) is 9.37. The van der Waals surface area contributed by atoms with E-state index in [0.717, 1.165) is 10.2 Å². The molecule has 0 bridgehead atoms. The molecule has 0 heterocycles. The van der Waals surface area contributed by atoms with Gasteiger partial charge in [0.2, 0.25) is 5.11 Å². The molecule has 0 fully saturated rings. The molecule has 0 radical (unpaired) electrons. The van der Waals surface area contributed by atoms with Gasteiger partial charge in [0.05, 0.1) is 5.69 Å². The van der Waals surface area contributed by atoms with E-state index in [1.165, 1.54) is 0 Å². The number of thiocarbonyl (C=S) groups is 1. The molecule has 0 unspecified atom stereocenters. The van der Waals surface area contributed by atoms with Crippen LogP contribution in [-0.2, 0) is 0 Å². The first kappa shape index (κ1) is 10.4. The van der Waals surface area contributed by atoms with Gasteiger partial charge in [-0.15, -0.1) is 0 Å². The van der Waals surface area contributed by atoms with E-state index >= 15 is 0 Å². The van der Waals surface area contributed by atoms with Crippen LogP contribution in [0.15, 0.2) is 30.3 Å². The molecule has 3 nitrogen and oxygen atoms in total. The maximum Gasteiger partial charge on any atom is 0.218 e. The van der Waals surface area contributed by atoms with Gasteiger partial charge in [0.25, 0.3) is 0 Å². The fraction of sp³-hybridized carbons (Fsp3) is 0. The van der Waals surface area contributed by atoms with Crippen molar-refractivity contribution in [3.8, 4) is 0 Å². The van der Waals surface area contributed by atoms with Crippen LogP contribution in [0.3, 0.4) is 0 Å². The average Bonchev–Trinajstić information content (AvgIpc) is 2.18. The minimum Gasteiger partial charge on any atom is -0.281 e. The zero-order chi connectivity index (χ0) is 9.68. The molecule has 0 amide bonds. The fourth-order valence-electron chi connectivity index (χ4n) is 0.714. The number of benzene rings is 1. The Labute approximate surface area is 91.8 Å². The van der Waals surface area contributed by atoms with E-state index in [1.807, 2.05) is 30.3 Å². The molecular weight excluding hydrogens is 229 g/mol. The highest BCUT2D eigenvalue weighted by Gasteiger charge is 2.03. The van der Waals surface area contributed by atoms with Crippen molar-refractivity contribution < 1.29 is 0 Å². The summed E-state index contributed by atoms with van der Waals surface area (Å²) in [5.41, 5.74) is 3.63. The third kappa shape index (κ3) is 3.26. The molecule has 13 heavy (non-hydrogen) atoms. The van der Waals surface area contributed by atoms with Crippen LogP contribution in [0.2, 0.25) is 0 Å². The van der Waals surface area contributed by atoms with Gasteiger partial charge >= 0.3 is 0 Å². The molecule has 0 atom stereocenters. The molecule has 0 saturated carbocycles. The highest BCUT2D eigenvalue weighted by Crippen LogP contribution is 2.08. The smallest absolute Gasteiger partial charge is 0.218 e. The summed E-state index contributed by atoms with van der Waals surface area (Å²) in [6.45, 7) is 0. The normalized spacial score (nSPS) is 9.08. The van der Waals surface area contributed by atoms with Gasteiger partial charge in [-0.05, 0) is 24.4 Å². The third-order valence-corrected chi connectivity index (χ3v) is 2.19. The van der Waals surface area contributed by atoms with Gasteiger partial charge in [0, 0.05) is 23.6 Å². The van der Waals surface area contributed by atoms with Crippen LogP contribution < -0.4 is 10.3 Å². The maximum absolute atomic E-state index is 5.70. The summed E-state index contributed by atoms with van der Waals surface area (Å²) in [6.07, 6.45) is 0. The number of para-hydroxylation sites is 1. The van der Waals surface area contributed by atoms with Crippen molar-refractivity contribution in [2.45, 2.75) is 0 Å². The van der Waals surface area contributed by atoms with Crippen LogP contribution in [0.5, 0.6) is 0 Å². The minimum atomic E-state index is 0.187. The SMILES string of the molecule is S=C(NCl)N(Cl)Nc1ccccc1. The van der Waals surface area contributed by atoms with E-state index in [4.69, 9.17) is 35.8 Å². The summed E-state index contributed by atoms with van der Waals surface area (Å²) < 4.78 is 1.09. The van der Waals surface area contributed by atoms with Crippen LogP contribution >= 0.6 is 35.8 Å². The van der Waals surface area contributed by atoms with Gasteiger partial charge in [0.15, 0.2) is 0 Å². The fourth-order valence-corrected chi connectivity index (χ4v) is 1.03. The van der Waals surface area contributed by atoms with E-state index in [9.17, 15) is 0 Å². The first-order valence-corrected chi connectivity index (χ1v) is 4.54. The van der Waals surface area contributed by atoms with Crippen molar-refractivity contribution in [3.05, 3.63) is 30.3 Å². The summed E-state index contributed by atoms with van der Waals surface area (Å²) in [5, 5.41) is 0.187. The first-order valence-electron chi connectivity index (χ1n) is 3.42. The van der Waals surface area contributed by atoms with E-state index < -0.39 is 0 Å². The molecule has 0 aliphatic rings. The molecule has 0 aliphatic carbocycles. The highest BCUT2D eigenvalue weighted by atomic mass is 35.5. The van der Waals surface area contributed by atoms with Gasteiger partial charge in [-0.25, -0.2) is 0 Å². The van der Waals surface area contributed by atoms with Gasteiger partial charge in [0.1, 0.15) is 0 Å². The Morgan fingerprint density at radius 2 is 1.92 bits per heavy atom. The summed E-state index contributed by atoms with van der Waals surface area (Å²) >= 11 is 15.7. The second-order valence-corrected chi connectivity index (χ2v) is 3.07. The van der Waals surface area contributed by atoms with E-state index in [-0.39, 0.29) is 5.11 Å². The predicted molar refractivity (Wildman–Crippen MR) is 59.3 cm³/mol. The van der Waals surface area contributed by atoms with Crippen LogP contribution in [0, 0.1) is 0 Å². The molecule has 0 spiro atoms. The number of hydrogen-bond donors (Lipinski definition) is 2. The largest absolute Gasteiger partial charge is 0.281 e. The Morgan fingerprint density at radius 3 is 2.46 bits per heavy atom. The predicted octanol–water partition coefficient (Wildman–Crippen LogP) is 2.50. The molecule has 0 saturated heterocycles. The molecular formula is C7H7Cl2N3S. The second-order valence-electron chi connectivity index (χ2n) is 2.16. The van der Waals surface area contributed by atoms with Gasteiger partial charge in [-0.2, -0.15) is 4.53 Å². The van der Waals surface area contributed by atoms with E-state index in [2.05, 4.69) is 10.3 Å². The van der Waals surface area contributed by atoms with Crippen LogP contribution in [0.1, 0.15) is 0 Å². The summed E-state index contributed by atoms with van der Waals surface area (Å²) in [5.74, 6) is 0. The van der Waals surface area contributed by atoms with Crippen molar-refractivity contribution in [2.75, 3.05) is 5.43 Å². The molecule has 6 heteroatoms. The minimum absolute atomic E-state index is 0.187. The highest BCUT2D eigenvalue weighted by molar-refractivity contribution is 7.80. The lowest BCUT2D eigenvalue weighted by molar-refractivity contribution is 0.793. The Bertz CT molecular complexity index is 280. The van der Waals surface area contributed by atoms with Crippen molar-refractivity contribution in [3.63, 3.8) is 0 Å². The van der Waals surface area contributed by atoms with Crippen molar-refractivity contribution >= 4 is 46.6 Å². The van der Waals surface area contributed by atoms with E-state index in [0.29, 0.717) is 0 Å². The average molecular weight is 236 g/mol. The number of nitrogens with zero attached hydrogens (tertiary/aromatic N) is 1. The Balaban J connectivity index is 2.55. The number of rotatable bonds is 2. The molecule has 0 aliphatic heterocycles. The van der Waals surface area contributed by atoms with Gasteiger partial charge in [-0.1, -0.05) is 18.2 Å².